The van der Waals surface area contributed by atoms with E-state index in [0.717, 1.165) is 5.69 Å². The van der Waals surface area contributed by atoms with Gasteiger partial charge in [-0.3, -0.25) is 0 Å². The second kappa shape index (κ2) is 8.09. The highest BCUT2D eigenvalue weighted by atomic mass is 32.1. The lowest BCUT2D eigenvalue weighted by molar-refractivity contribution is 0.0110. The van der Waals surface area contributed by atoms with Crippen LogP contribution in [-0.2, 0) is 11.3 Å². The molecule has 1 unspecified atom stereocenters. The molecule has 0 amide bonds. The van der Waals surface area contributed by atoms with Crippen molar-refractivity contribution in [3.63, 3.8) is 0 Å². The van der Waals surface area contributed by atoms with E-state index in [0.29, 0.717) is 36.0 Å². The van der Waals surface area contributed by atoms with Crippen molar-refractivity contribution < 1.29 is 23.7 Å². The number of fused-ring (bicyclic) bond motifs is 1. The zero-order chi connectivity index (χ0) is 18.5. The van der Waals surface area contributed by atoms with Crippen LogP contribution in [0.1, 0.15) is 16.1 Å². The Morgan fingerprint density at radius 1 is 1.15 bits per heavy atom. The third-order valence-corrected chi connectivity index (χ3v) is 4.56. The Morgan fingerprint density at radius 3 is 2.74 bits per heavy atom. The highest BCUT2D eigenvalue weighted by Crippen LogP contribution is 2.30. The Hall–Kier alpha value is -3.06. The number of hydrogen-bond donors (Lipinski definition) is 0. The average Bonchev–Trinajstić information content (AvgIpc) is 3.24. The quantitative estimate of drug-likeness (QED) is 0.605. The summed E-state index contributed by atoms with van der Waals surface area (Å²) in [5.74, 6) is 1.61. The number of rotatable bonds is 6. The molecule has 3 aromatic rings. The second-order valence-corrected chi connectivity index (χ2v) is 6.61. The molecule has 1 aliphatic heterocycles. The number of carbonyl (C=O) groups excluding carboxylic acids is 1. The van der Waals surface area contributed by atoms with Crippen molar-refractivity contribution in [2.24, 2.45) is 0 Å². The molecule has 0 saturated carbocycles. The van der Waals surface area contributed by atoms with Crippen LogP contribution in [0.15, 0.2) is 59.4 Å². The predicted octanol–water partition coefficient (Wildman–Crippen LogP) is 3.72. The van der Waals surface area contributed by atoms with Crippen LogP contribution >= 0.6 is 11.3 Å². The predicted molar refractivity (Wildman–Crippen MR) is 99.5 cm³/mol. The fraction of sp³-hybridized carbons (Fsp3) is 0.200. The van der Waals surface area contributed by atoms with E-state index in [2.05, 4.69) is 4.98 Å². The molecule has 0 spiro atoms. The molecule has 6 nitrogen and oxygen atoms in total. The standard InChI is InChI=1S/C20H17NO5S/c22-20(25-11-17-10-24-18-3-1-2-4-19(18)26-17)14-5-7-16(8-6-14)23-9-15-12-27-13-21-15/h1-8,12-13,17H,9-11H2. The van der Waals surface area contributed by atoms with E-state index in [-0.39, 0.29) is 12.7 Å². The molecule has 27 heavy (non-hydrogen) atoms. The highest BCUT2D eigenvalue weighted by Gasteiger charge is 2.22. The molecule has 0 fully saturated rings. The fourth-order valence-electron chi connectivity index (χ4n) is 2.55. The Balaban J connectivity index is 1.27. The number of benzene rings is 2. The summed E-state index contributed by atoms with van der Waals surface area (Å²) < 4.78 is 22.4. The van der Waals surface area contributed by atoms with Crippen LogP contribution in [-0.4, -0.2) is 30.3 Å². The first kappa shape index (κ1) is 17.4. The molecule has 2 heterocycles. The van der Waals surface area contributed by atoms with Crippen LogP contribution in [0.2, 0.25) is 0 Å². The van der Waals surface area contributed by atoms with E-state index in [1.54, 1.807) is 29.8 Å². The van der Waals surface area contributed by atoms with E-state index in [4.69, 9.17) is 18.9 Å². The van der Waals surface area contributed by atoms with E-state index < -0.39 is 5.97 Å². The topological polar surface area (TPSA) is 66.9 Å². The van der Waals surface area contributed by atoms with Gasteiger partial charge in [0.05, 0.1) is 16.8 Å². The van der Waals surface area contributed by atoms with Crippen LogP contribution < -0.4 is 14.2 Å². The normalized spacial score (nSPS) is 15.2. The van der Waals surface area contributed by atoms with Crippen LogP contribution in [0, 0.1) is 0 Å². The first-order valence-electron chi connectivity index (χ1n) is 8.43. The van der Waals surface area contributed by atoms with Crippen LogP contribution in [0.5, 0.6) is 17.2 Å². The zero-order valence-corrected chi connectivity index (χ0v) is 15.2. The van der Waals surface area contributed by atoms with Gasteiger partial charge in [-0.1, -0.05) is 12.1 Å². The van der Waals surface area contributed by atoms with Crippen molar-refractivity contribution >= 4 is 17.3 Å². The van der Waals surface area contributed by atoms with E-state index in [9.17, 15) is 4.79 Å². The van der Waals surface area contributed by atoms with E-state index in [1.807, 2.05) is 29.6 Å². The zero-order valence-electron chi connectivity index (χ0n) is 14.4. The molecule has 0 N–H and O–H groups in total. The summed E-state index contributed by atoms with van der Waals surface area (Å²) in [4.78, 5) is 16.4. The summed E-state index contributed by atoms with van der Waals surface area (Å²) in [5.41, 5.74) is 3.09. The molecule has 1 aliphatic rings. The smallest absolute Gasteiger partial charge is 0.338 e. The monoisotopic (exact) mass is 383 g/mol. The van der Waals surface area contributed by atoms with Crippen LogP contribution in [0.4, 0.5) is 0 Å². The molecule has 1 atom stereocenters. The molecule has 2 aromatic carbocycles. The van der Waals surface area contributed by atoms with Gasteiger partial charge in [-0.2, -0.15) is 0 Å². The number of aromatic nitrogens is 1. The van der Waals surface area contributed by atoms with Crippen molar-refractivity contribution in [1.29, 1.82) is 0 Å². The van der Waals surface area contributed by atoms with Crippen LogP contribution in [0.3, 0.4) is 0 Å². The highest BCUT2D eigenvalue weighted by molar-refractivity contribution is 7.07. The summed E-state index contributed by atoms with van der Waals surface area (Å²) in [5, 5.41) is 1.93. The van der Waals surface area contributed by atoms with Gasteiger partial charge < -0.3 is 18.9 Å². The average molecular weight is 383 g/mol. The SMILES string of the molecule is O=C(OCC1COc2ccccc2O1)c1ccc(OCc2cscn2)cc1. The van der Waals surface area contributed by atoms with Gasteiger partial charge in [0.25, 0.3) is 0 Å². The van der Waals surface area contributed by atoms with Crippen molar-refractivity contribution in [3.05, 3.63) is 70.7 Å². The summed E-state index contributed by atoms with van der Waals surface area (Å²) >= 11 is 1.52. The molecule has 0 radical (unpaired) electrons. The van der Waals surface area contributed by atoms with Gasteiger partial charge in [0, 0.05) is 5.38 Å². The number of nitrogens with zero attached hydrogens (tertiary/aromatic N) is 1. The maximum Gasteiger partial charge on any atom is 0.338 e. The number of ether oxygens (including phenoxy) is 4. The minimum Gasteiger partial charge on any atom is -0.487 e. The third-order valence-electron chi connectivity index (χ3n) is 3.93. The molecular formula is C20H17NO5S. The van der Waals surface area contributed by atoms with Crippen molar-refractivity contribution in [1.82, 2.24) is 4.98 Å². The lowest BCUT2D eigenvalue weighted by Crippen LogP contribution is -2.34. The van der Waals surface area contributed by atoms with Gasteiger partial charge in [0.2, 0.25) is 0 Å². The molecule has 1 aromatic heterocycles. The molecule has 4 rings (SSSR count). The third kappa shape index (κ3) is 4.38. The van der Waals surface area contributed by atoms with Gasteiger partial charge in [-0.05, 0) is 36.4 Å². The van der Waals surface area contributed by atoms with Gasteiger partial charge in [0.1, 0.15) is 25.6 Å². The lowest BCUT2D eigenvalue weighted by Gasteiger charge is -2.26. The molecule has 138 valence electrons. The van der Waals surface area contributed by atoms with E-state index in [1.165, 1.54) is 11.3 Å². The lowest BCUT2D eigenvalue weighted by atomic mass is 10.2. The Kier molecular flexibility index (Phi) is 5.20. The van der Waals surface area contributed by atoms with E-state index >= 15 is 0 Å². The molecule has 0 bridgehead atoms. The molecule has 0 saturated heterocycles. The Labute approximate surface area is 160 Å². The van der Waals surface area contributed by atoms with Crippen molar-refractivity contribution in [2.45, 2.75) is 12.7 Å². The largest absolute Gasteiger partial charge is 0.487 e. The number of hydrogen-bond acceptors (Lipinski definition) is 7. The number of carbonyl (C=O) groups is 1. The molecular weight excluding hydrogens is 366 g/mol. The fourth-order valence-corrected chi connectivity index (χ4v) is 3.09. The number of esters is 1. The molecule has 0 aliphatic carbocycles. The first-order chi connectivity index (χ1) is 13.3. The first-order valence-corrected chi connectivity index (χ1v) is 9.38. The molecule has 7 heteroatoms. The van der Waals surface area contributed by atoms with Gasteiger partial charge in [-0.25, -0.2) is 9.78 Å². The van der Waals surface area contributed by atoms with Gasteiger partial charge >= 0.3 is 5.97 Å². The minimum absolute atomic E-state index is 0.120. The van der Waals surface area contributed by atoms with Gasteiger partial charge in [-0.15, -0.1) is 11.3 Å². The minimum atomic E-state index is -0.413. The maximum atomic E-state index is 12.2. The Morgan fingerprint density at radius 2 is 1.96 bits per heavy atom. The van der Waals surface area contributed by atoms with Crippen molar-refractivity contribution in [3.8, 4) is 17.2 Å². The summed E-state index contributed by atoms with van der Waals surface area (Å²) in [7, 11) is 0. The van der Waals surface area contributed by atoms with Crippen molar-refractivity contribution in [2.75, 3.05) is 13.2 Å². The number of thiazole rings is 1. The maximum absolute atomic E-state index is 12.2. The summed E-state index contributed by atoms with van der Waals surface area (Å²) in [6.45, 7) is 0.858. The number of para-hydroxylation sites is 2. The summed E-state index contributed by atoms with van der Waals surface area (Å²) in [6.07, 6.45) is -0.329. The van der Waals surface area contributed by atoms with Gasteiger partial charge in [0.15, 0.2) is 17.6 Å². The summed E-state index contributed by atoms with van der Waals surface area (Å²) in [6, 6.07) is 14.2. The Bertz CT molecular complexity index is 895. The van der Waals surface area contributed by atoms with Crippen LogP contribution in [0.25, 0.3) is 0 Å². The second-order valence-electron chi connectivity index (χ2n) is 5.89.